The number of allylic oxidation sites excluding steroid dienone is 20. The number of aliphatic hydroxyl groups is 1. The summed E-state index contributed by atoms with van der Waals surface area (Å²) in [6.45, 7) is 4.30. The van der Waals surface area contributed by atoms with Crippen LogP contribution in [0.5, 0.6) is 0 Å². The minimum atomic E-state index is -4.78. The van der Waals surface area contributed by atoms with Crippen LogP contribution in [0, 0.1) is 0 Å². The quantitative estimate of drug-likeness (QED) is 0.0197. The van der Waals surface area contributed by atoms with Crippen LogP contribution >= 0.6 is 7.82 Å². The lowest BCUT2D eigenvalue weighted by atomic mass is 10.1. The molecule has 3 atom stereocenters. The number of phosphoric ester groups is 1. The first-order chi connectivity index (χ1) is 37.2. The molecule has 0 aromatic heterocycles. The van der Waals surface area contributed by atoms with Crippen molar-refractivity contribution in [2.24, 2.45) is 0 Å². The van der Waals surface area contributed by atoms with E-state index in [9.17, 15) is 28.9 Å². The van der Waals surface area contributed by atoms with E-state index in [4.69, 9.17) is 23.3 Å². The SMILES string of the molecule is CC/C=C\C/C=C\C/C=C\C/C=C\CCCCCCC(=O)OC(COC(=O)CCCCCCCCC/C=C\C/C=C\CCCCC)COP(=O)(O)OCC(CO)OC(=O)CCCC/C=C\C/C=C\C/C=C\C/C=C\CC. The minimum absolute atomic E-state index is 0.116. The topological polar surface area (TPSA) is 155 Å². The van der Waals surface area contributed by atoms with Crippen LogP contribution in [0.3, 0.4) is 0 Å². The second-order valence-electron chi connectivity index (χ2n) is 19.0. The third-order valence-electron chi connectivity index (χ3n) is 11.8. The van der Waals surface area contributed by atoms with Crippen LogP contribution in [-0.2, 0) is 42.2 Å². The van der Waals surface area contributed by atoms with E-state index in [1.54, 1.807) is 0 Å². The molecular formula is C64H105O11P. The summed E-state index contributed by atoms with van der Waals surface area (Å²) < 4.78 is 39.5. The molecule has 76 heavy (non-hydrogen) atoms. The predicted molar refractivity (Wildman–Crippen MR) is 316 cm³/mol. The number of rotatable bonds is 53. The summed E-state index contributed by atoms with van der Waals surface area (Å²) in [5.41, 5.74) is 0. The monoisotopic (exact) mass is 1080 g/mol. The van der Waals surface area contributed by atoms with E-state index in [-0.39, 0.29) is 25.9 Å². The van der Waals surface area contributed by atoms with Gasteiger partial charge in [0.15, 0.2) is 6.10 Å². The van der Waals surface area contributed by atoms with Crippen LogP contribution in [0.1, 0.15) is 226 Å². The summed E-state index contributed by atoms with van der Waals surface area (Å²) in [6, 6.07) is 0. The maximum absolute atomic E-state index is 12.9. The third kappa shape index (κ3) is 54.7. The molecule has 11 nitrogen and oxygen atoms in total. The maximum Gasteiger partial charge on any atom is 0.472 e. The Morgan fingerprint density at radius 3 is 1.08 bits per heavy atom. The predicted octanol–water partition coefficient (Wildman–Crippen LogP) is 17.6. The molecule has 0 rings (SSSR count). The minimum Gasteiger partial charge on any atom is -0.462 e. The zero-order chi connectivity index (χ0) is 55.5. The summed E-state index contributed by atoms with van der Waals surface area (Å²) in [4.78, 5) is 48.6. The van der Waals surface area contributed by atoms with Crippen LogP contribution in [0.15, 0.2) is 122 Å². The fourth-order valence-electron chi connectivity index (χ4n) is 7.43. The molecule has 0 fully saturated rings. The number of phosphoric acid groups is 1. The first kappa shape index (κ1) is 71.9. The van der Waals surface area contributed by atoms with E-state index < -0.39 is 57.8 Å². The maximum atomic E-state index is 12.9. The molecule has 0 spiro atoms. The highest BCUT2D eigenvalue weighted by atomic mass is 31.2. The fraction of sp³-hybridized carbons (Fsp3) is 0.641. The summed E-state index contributed by atoms with van der Waals surface area (Å²) in [6.07, 6.45) is 70.1. The lowest BCUT2D eigenvalue weighted by Crippen LogP contribution is -2.30. The van der Waals surface area contributed by atoms with Crippen molar-refractivity contribution in [2.45, 2.75) is 238 Å². The number of carbonyl (C=O) groups is 3. The molecule has 0 heterocycles. The van der Waals surface area contributed by atoms with Gasteiger partial charge in [-0.1, -0.05) is 200 Å². The van der Waals surface area contributed by atoms with Crippen LogP contribution in [0.4, 0.5) is 0 Å². The second-order valence-corrected chi connectivity index (χ2v) is 20.5. The smallest absolute Gasteiger partial charge is 0.462 e. The van der Waals surface area contributed by atoms with Crippen molar-refractivity contribution in [3.8, 4) is 0 Å². The summed E-state index contributed by atoms with van der Waals surface area (Å²) in [7, 11) is -4.78. The van der Waals surface area contributed by atoms with Gasteiger partial charge in [-0.05, 0) is 128 Å². The van der Waals surface area contributed by atoms with E-state index in [2.05, 4.69) is 142 Å². The molecule has 0 saturated carbocycles. The normalized spacial score (nSPS) is 14.2. The molecular weight excluding hydrogens is 976 g/mol. The number of esters is 3. The average molecular weight is 1080 g/mol. The largest absolute Gasteiger partial charge is 0.472 e. The summed E-state index contributed by atoms with van der Waals surface area (Å²) >= 11 is 0. The lowest BCUT2D eigenvalue weighted by Gasteiger charge is -2.21. The van der Waals surface area contributed by atoms with E-state index >= 15 is 0 Å². The molecule has 432 valence electrons. The van der Waals surface area contributed by atoms with Gasteiger partial charge in [0.25, 0.3) is 0 Å². The molecule has 0 aliphatic rings. The Bertz CT molecular complexity index is 1740. The standard InChI is InChI=1S/C64H105O11P/c1-4-7-10-13-16-19-22-25-28-30-33-35-38-41-44-47-50-53-62(66)71-57-61(75-64(68)55-52-49-46-43-40-37-34-31-29-26-23-20-17-14-11-8-5-2)59-73-76(69,70)72-58-60(56-65)74-63(67)54-51-48-45-42-39-36-32-27-24-21-18-15-12-9-6-3/h8-9,11-12,16-21,25-29,32,34,37,39,42,60-61,65H,4-7,10,13-15,22-24,30-31,33,35-36,38,40-41,43-59H2,1-3H3,(H,69,70)/b11-8-,12-9-,19-16-,20-17-,21-18-,28-25-,29-26-,32-27-,37-34-,42-39-. The van der Waals surface area contributed by atoms with Crippen molar-refractivity contribution in [3.05, 3.63) is 122 Å². The fourth-order valence-corrected chi connectivity index (χ4v) is 8.21. The Balaban J connectivity index is 4.83. The highest BCUT2D eigenvalue weighted by Crippen LogP contribution is 2.43. The third-order valence-corrected chi connectivity index (χ3v) is 12.8. The van der Waals surface area contributed by atoms with Gasteiger partial charge >= 0.3 is 25.7 Å². The van der Waals surface area contributed by atoms with Crippen molar-refractivity contribution in [3.63, 3.8) is 0 Å². The Morgan fingerprint density at radius 1 is 0.382 bits per heavy atom. The molecule has 2 N–H and O–H groups in total. The van der Waals surface area contributed by atoms with E-state index in [0.29, 0.717) is 19.3 Å². The number of unbranched alkanes of at least 4 members (excludes halogenated alkanes) is 16. The molecule has 3 unspecified atom stereocenters. The van der Waals surface area contributed by atoms with E-state index in [1.807, 2.05) is 0 Å². The van der Waals surface area contributed by atoms with Gasteiger partial charge in [0.05, 0.1) is 19.8 Å². The highest BCUT2D eigenvalue weighted by molar-refractivity contribution is 7.47. The number of ether oxygens (including phenoxy) is 3. The number of carbonyl (C=O) groups excluding carboxylic acids is 3. The zero-order valence-corrected chi connectivity index (χ0v) is 48.6. The zero-order valence-electron chi connectivity index (χ0n) is 47.7. The highest BCUT2D eigenvalue weighted by Gasteiger charge is 2.28. The van der Waals surface area contributed by atoms with Gasteiger partial charge < -0.3 is 24.2 Å². The van der Waals surface area contributed by atoms with E-state index in [1.165, 1.54) is 38.5 Å². The first-order valence-corrected chi connectivity index (χ1v) is 30.9. The van der Waals surface area contributed by atoms with E-state index in [0.717, 1.165) is 128 Å². The van der Waals surface area contributed by atoms with Crippen molar-refractivity contribution in [2.75, 3.05) is 26.4 Å². The van der Waals surface area contributed by atoms with Crippen molar-refractivity contribution < 1.29 is 52.2 Å². The first-order valence-electron chi connectivity index (χ1n) is 29.4. The van der Waals surface area contributed by atoms with Crippen molar-refractivity contribution in [1.29, 1.82) is 0 Å². The van der Waals surface area contributed by atoms with Crippen molar-refractivity contribution in [1.82, 2.24) is 0 Å². The van der Waals surface area contributed by atoms with Gasteiger partial charge in [-0.3, -0.25) is 23.4 Å². The Hall–Kier alpha value is -4.12. The molecule has 0 aromatic rings. The molecule has 0 radical (unpaired) electrons. The Labute approximate surface area is 462 Å². The number of aliphatic hydroxyl groups excluding tert-OH is 1. The lowest BCUT2D eigenvalue weighted by molar-refractivity contribution is -0.161. The molecule has 0 saturated heterocycles. The Kier molecular flexibility index (Phi) is 54.0. The molecule has 0 aliphatic carbocycles. The average Bonchev–Trinajstić information content (AvgIpc) is 3.41. The Morgan fingerprint density at radius 2 is 0.684 bits per heavy atom. The molecule has 0 amide bonds. The van der Waals surface area contributed by atoms with Crippen LogP contribution in [0.2, 0.25) is 0 Å². The van der Waals surface area contributed by atoms with Gasteiger partial charge in [-0.25, -0.2) is 4.57 Å². The van der Waals surface area contributed by atoms with Gasteiger partial charge in [0, 0.05) is 19.3 Å². The molecule has 0 bridgehead atoms. The van der Waals surface area contributed by atoms with Gasteiger partial charge in [-0.2, -0.15) is 0 Å². The van der Waals surface area contributed by atoms with Crippen molar-refractivity contribution >= 4 is 25.7 Å². The molecule has 0 aliphatic heterocycles. The van der Waals surface area contributed by atoms with Gasteiger partial charge in [-0.15, -0.1) is 0 Å². The summed E-state index contributed by atoms with van der Waals surface area (Å²) in [5, 5.41) is 9.81. The van der Waals surface area contributed by atoms with Crippen LogP contribution in [0.25, 0.3) is 0 Å². The number of hydrogen-bond donors (Lipinski definition) is 2. The molecule has 12 heteroatoms. The second kappa shape index (κ2) is 57.1. The van der Waals surface area contributed by atoms with Crippen LogP contribution < -0.4 is 0 Å². The summed E-state index contributed by atoms with van der Waals surface area (Å²) in [5.74, 6) is -1.56. The van der Waals surface area contributed by atoms with Gasteiger partial charge in [0.1, 0.15) is 12.7 Å². The number of hydrogen-bond acceptors (Lipinski definition) is 10. The molecule has 0 aromatic carbocycles. The van der Waals surface area contributed by atoms with Gasteiger partial charge in [0.2, 0.25) is 0 Å². The van der Waals surface area contributed by atoms with Crippen LogP contribution in [-0.4, -0.2) is 66.5 Å².